The predicted molar refractivity (Wildman–Crippen MR) is 140 cm³/mol. The van der Waals surface area contributed by atoms with Crippen LogP contribution in [-0.2, 0) is 14.3 Å². The Labute approximate surface area is 223 Å². The van der Waals surface area contributed by atoms with Crippen LogP contribution >= 0.6 is 0 Å². The molecule has 0 radical (unpaired) electrons. The molecule has 5 N–H and O–H groups in total. The van der Waals surface area contributed by atoms with Crippen molar-refractivity contribution in [2.75, 3.05) is 38.0 Å². The average molecular weight is 537 g/mol. The summed E-state index contributed by atoms with van der Waals surface area (Å²) in [4.78, 5) is 26.1. The number of aliphatic hydroxyl groups excluding tert-OH is 3. The van der Waals surface area contributed by atoms with Crippen LogP contribution < -0.4 is 15.4 Å². The van der Waals surface area contributed by atoms with Crippen LogP contribution in [0.15, 0.2) is 54.9 Å². The second-order valence-electron chi connectivity index (χ2n) is 8.94. The minimum Gasteiger partial charge on any atom is -0.482 e. The number of imidazole rings is 1. The lowest BCUT2D eigenvalue weighted by Gasteiger charge is -2.24. The maximum absolute atomic E-state index is 11.4. The standard InChI is InChI=1S/C26H28N6O7/c1-31(16-8-6-14(7-9-16)15-4-3-5-17(10-15)38-12-19(34)37-2)26-30-20-23(27)28-13-29-24(20)32(26)25-22(36)21(35)18(11-33)39-25/h3-10,13,18,21-22,25,33,35-36H,11-12H2,1-2H3,(H2,27,28,29)/t18-,21-,22-,25-/m1/s1. The van der Waals surface area contributed by atoms with E-state index >= 15 is 0 Å². The van der Waals surface area contributed by atoms with Crippen molar-refractivity contribution < 1.29 is 34.3 Å². The Morgan fingerprint density at radius 3 is 2.59 bits per heavy atom. The van der Waals surface area contributed by atoms with E-state index in [9.17, 15) is 20.1 Å². The molecule has 1 saturated heterocycles. The topological polar surface area (TPSA) is 178 Å². The van der Waals surface area contributed by atoms with Crippen molar-refractivity contribution in [3.8, 4) is 16.9 Å². The smallest absolute Gasteiger partial charge is 0.343 e. The predicted octanol–water partition coefficient (Wildman–Crippen LogP) is 1.01. The monoisotopic (exact) mass is 536 g/mol. The highest BCUT2D eigenvalue weighted by Gasteiger charge is 2.45. The number of anilines is 3. The molecule has 4 aromatic rings. The maximum Gasteiger partial charge on any atom is 0.343 e. The molecule has 13 heteroatoms. The number of hydrogen-bond donors (Lipinski definition) is 4. The van der Waals surface area contributed by atoms with Crippen molar-refractivity contribution >= 4 is 34.6 Å². The van der Waals surface area contributed by atoms with Gasteiger partial charge in [-0.1, -0.05) is 24.3 Å². The number of aromatic nitrogens is 4. The van der Waals surface area contributed by atoms with E-state index in [0.29, 0.717) is 22.9 Å². The van der Waals surface area contributed by atoms with Crippen molar-refractivity contribution in [3.63, 3.8) is 0 Å². The molecule has 0 unspecified atom stereocenters. The highest BCUT2D eigenvalue weighted by Crippen LogP contribution is 2.38. The van der Waals surface area contributed by atoms with Crippen LogP contribution in [0, 0.1) is 0 Å². The molecule has 4 atom stereocenters. The number of nitrogen functional groups attached to an aromatic ring is 1. The largest absolute Gasteiger partial charge is 0.482 e. The lowest BCUT2D eigenvalue weighted by Crippen LogP contribution is -2.33. The molecule has 0 aliphatic carbocycles. The van der Waals surface area contributed by atoms with E-state index in [2.05, 4.69) is 19.7 Å². The summed E-state index contributed by atoms with van der Waals surface area (Å²) in [5.41, 5.74) is 9.20. The first-order valence-electron chi connectivity index (χ1n) is 12.1. The molecule has 1 aliphatic rings. The maximum atomic E-state index is 11.4. The van der Waals surface area contributed by atoms with Crippen molar-refractivity contribution in [1.82, 2.24) is 19.5 Å². The zero-order valence-corrected chi connectivity index (χ0v) is 21.2. The Balaban J connectivity index is 1.46. The van der Waals surface area contributed by atoms with Gasteiger partial charge in [-0.25, -0.2) is 19.7 Å². The molecular formula is C26H28N6O7. The second kappa shape index (κ2) is 10.8. The zero-order chi connectivity index (χ0) is 27.7. The quantitative estimate of drug-likeness (QED) is 0.235. The Bertz CT molecular complexity index is 1480. The number of ether oxygens (including phenoxy) is 3. The molecule has 204 valence electrons. The molecule has 3 heterocycles. The van der Waals surface area contributed by atoms with Gasteiger partial charge in [0.2, 0.25) is 5.95 Å². The van der Waals surface area contributed by atoms with E-state index in [-0.39, 0.29) is 12.4 Å². The van der Waals surface area contributed by atoms with E-state index in [1.165, 1.54) is 18.0 Å². The van der Waals surface area contributed by atoms with E-state index in [1.54, 1.807) is 18.0 Å². The van der Waals surface area contributed by atoms with Crippen molar-refractivity contribution in [1.29, 1.82) is 0 Å². The summed E-state index contributed by atoms with van der Waals surface area (Å²) < 4.78 is 17.4. The first-order valence-corrected chi connectivity index (χ1v) is 12.1. The number of carbonyl (C=O) groups is 1. The number of benzene rings is 2. The number of hydrogen-bond acceptors (Lipinski definition) is 12. The number of fused-ring (bicyclic) bond motifs is 1. The fourth-order valence-electron chi connectivity index (χ4n) is 4.44. The molecule has 0 bridgehead atoms. The lowest BCUT2D eigenvalue weighted by atomic mass is 10.0. The van der Waals surface area contributed by atoms with Crippen molar-refractivity contribution in [3.05, 3.63) is 54.9 Å². The summed E-state index contributed by atoms with van der Waals surface area (Å²) in [5, 5.41) is 30.7. The summed E-state index contributed by atoms with van der Waals surface area (Å²) in [6.45, 7) is -0.658. The molecular weight excluding hydrogens is 508 g/mol. The third kappa shape index (κ3) is 4.95. The molecule has 39 heavy (non-hydrogen) atoms. The number of rotatable bonds is 8. The summed E-state index contributed by atoms with van der Waals surface area (Å²) in [6, 6.07) is 14.9. The number of methoxy groups -OCH3 is 1. The summed E-state index contributed by atoms with van der Waals surface area (Å²) in [6.07, 6.45) is -3.44. The Hall–Kier alpha value is -4.30. The van der Waals surface area contributed by atoms with Gasteiger partial charge in [0.05, 0.1) is 13.7 Å². The number of esters is 1. The summed E-state index contributed by atoms with van der Waals surface area (Å²) >= 11 is 0. The highest BCUT2D eigenvalue weighted by molar-refractivity contribution is 5.85. The van der Waals surface area contributed by atoms with Crippen LogP contribution in [0.5, 0.6) is 5.75 Å². The third-order valence-electron chi connectivity index (χ3n) is 6.56. The van der Waals surface area contributed by atoms with Gasteiger partial charge >= 0.3 is 5.97 Å². The van der Waals surface area contributed by atoms with Crippen LogP contribution in [-0.4, -0.2) is 86.5 Å². The minimum absolute atomic E-state index is 0.143. The Morgan fingerprint density at radius 2 is 1.90 bits per heavy atom. The van der Waals surface area contributed by atoms with E-state index < -0.39 is 37.1 Å². The summed E-state index contributed by atoms with van der Waals surface area (Å²) in [5.74, 6) is 0.538. The molecule has 0 saturated carbocycles. The van der Waals surface area contributed by atoms with Crippen LogP contribution in [0.3, 0.4) is 0 Å². The van der Waals surface area contributed by atoms with Gasteiger partial charge in [0.15, 0.2) is 29.8 Å². The van der Waals surface area contributed by atoms with Gasteiger partial charge in [-0.2, -0.15) is 0 Å². The van der Waals surface area contributed by atoms with Crippen LogP contribution in [0.1, 0.15) is 6.23 Å². The normalized spacial score (nSPS) is 20.7. The number of carbonyl (C=O) groups excluding carboxylic acids is 1. The zero-order valence-electron chi connectivity index (χ0n) is 21.2. The summed E-state index contributed by atoms with van der Waals surface area (Å²) in [7, 11) is 3.08. The second-order valence-corrected chi connectivity index (χ2v) is 8.94. The van der Waals surface area contributed by atoms with Crippen molar-refractivity contribution in [2.45, 2.75) is 24.5 Å². The Kier molecular flexibility index (Phi) is 7.30. The van der Waals surface area contributed by atoms with Crippen LogP contribution in [0.2, 0.25) is 0 Å². The number of aliphatic hydroxyl groups is 3. The van der Waals surface area contributed by atoms with E-state index in [0.717, 1.165) is 16.8 Å². The highest BCUT2D eigenvalue weighted by atomic mass is 16.6. The molecule has 2 aromatic heterocycles. The van der Waals surface area contributed by atoms with Gasteiger partial charge in [0.1, 0.15) is 30.4 Å². The molecule has 0 amide bonds. The first kappa shape index (κ1) is 26.3. The molecule has 0 spiro atoms. The molecule has 1 aliphatic heterocycles. The fourth-order valence-corrected chi connectivity index (χ4v) is 4.44. The SMILES string of the molecule is COC(=O)COc1cccc(-c2ccc(N(C)c3nc4c(N)ncnc4n3[C@@H]3O[C@H](CO)[C@@H](O)[C@H]3O)cc2)c1. The number of nitrogens with two attached hydrogens (primary N) is 1. The average Bonchev–Trinajstić information content (AvgIpc) is 3.49. The van der Waals surface area contributed by atoms with Gasteiger partial charge in [-0.15, -0.1) is 0 Å². The fraction of sp³-hybridized carbons (Fsp3) is 0.308. The van der Waals surface area contributed by atoms with E-state index in [1.807, 2.05) is 42.5 Å². The van der Waals surface area contributed by atoms with Gasteiger partial charge in [-0.05, 0) is 35.4 Å². The lowest BCUT2D eigenvalue weighted by molar-refractivity contribution is -0.142. The van der Waals surface area contributed by atoms with Gasteiger partial charge in [-0.3, -0.25) is 4.57 Å². The molecule has 13 nitrogen and oxygen atoms in total. The molecule has 1 fully saturated rings. The van der Waals surface area contributed by atoms with Crippen LogP contribution in [0.25, 0.3) is 22.3 Å². The van der Waals surface area contributed by atoms with Gasteiger partial charge in [0, 0.05) is 12.7 Å². The minimum atomic E-state index is -1.35. The van der Waals surface area contributed by atoms with Gasteiger partial charge in [0.25, 0.3) is 0 Å². The molecule has 2 aromatic carbocycles. The van der Waals surface area contributed by atoms with Crippen molar-refractivity contribution in [2.24, 2.45) is 0 Å². The number of nitrogens with zero attached hydrogens (tertiary/aromatic N) is 5. The Morgan fingerprint density at radius 1 is 1.13 bits per heavy atom. The van der Waals surface area contributed by atoms with Gasteiger partial charge < -0.3 is 40.2 Å². The third-order valence-corrected chi connectivity index (χ3v) is 6.56. The van der Waals surface area contributed by atoms with E-state index in [4.69, 9.17) is 15.2 Å². The van der Waals surface area contributed by atoms with Crippen LogP contribution in [0.4, 0.5) is 17.5 Å². The first-order chi connectivity index (χ1) is 18.8. The molecule has 5 rings (SSSR count).